The van der Waals surface area contributed by atoms with Gasteiger partial charge in [-0.05, 0) is 37.1 Å². The molecule has 0 radical (unpaired) electrons. The zero-order valence-electron chi connectivity index (χ0n) is 16.3. The van der Waals surface area contributed by atoms with Crippen LogP contribution in [0.25, 0.3) is 0 Å². The van der Waals surface area contributed by atoms with Crippen LogP contribution in [0.4, 0.5) is 0 Å². The molecular formula is C20H25N3O5. The van der Waals surface area contributed by atoms with Crippen molar-refractivity contribution in [1.82, 2.24) is 15.1 Å². The molecule has 0 bridgehead atoms. The van der Waals surface area contributed by atoms with Crippen LogP contribution in [-0.2, 0) is 22.6 Å². The van der Waals surface area contributed by atoms with E-state index in [0.29, 0.717) is 13.1 Å². The number of unbranched alkanes of at least 4 members (excludes halogenated alkanes) is 1. The van der Waals surface area contributed by atoms with E-state index < -0.39 is 18.0 Å². The number of aromatic nitrogens is 2. The molecule has 1 N–H and O–H groups in total. The van der Waals surface area contributed by atoms with Gasteiger partial charge in [-0.25, -0.2) is 9.48 Å². The van der Waals surface area contributed by atoms with Gasteiger partial charge in [-0.3, -0.25) is 9.59 Å². The van der Waals surface area contributed by atoms with Gasteiger partial charge in [0.2, 0.25) is 0 Å². The molecule has 1 aromatic carbocycles. The molecule has 8 nitrogen and oxygen atoms in total. The van der Waals surface area contributed by atoms with Gasteiger partial charge in [0.1, 0.15) is 5.75 Å². The third-order valence-electron chi connectivity index (χ3n) is 4.08. The van der Waals surface area contributed by atoms with E-state index in [2.05, 4.69) is 10.4 Å². The fourth-order valence-electron chi connectivity index (χ4n) is 2.38. The van der Waals surface area contributed by atoms with Gasteiger partial charge in [0.05, 0.1) is 7.11 Å². The van der Waals surface area contributed by atoms with Gasteiger partial charge < -0.3 is 14.8 Å². The Kier molecular flexibility index (Phi) is 7.74. The van der Waals surface area contributed by atoms with E-state index in [9.17, 15) is 14.4 Å². The van der Waals surface area contributed by atoms with Crippen molar-refractivity contribution in [2.24, 2.45) is 0 Å². The molecule has 8 heteroatoms. The molecule has 0 aliphatic carbocycles. The van der Waals surface area contributed by atoms with Crippen LogP contribution in [0, 0.1) is 0 Å². The summed E-state index contributed by atoms with van der Waals surface area (Å²) in [6.07, 6.45) is 0.674. The van der Waals surface area contributed by atoms with Gasteiger partial charge in [0.25, 0.3) is 11.5 Å². The lowest BCUT2D eigenvalue weighted by atomic mass is 10.2. The summed E-state index contributed by atoms with van der Waals surface area (Å²) in [7, 11) is 1.58. The number of rotatable bonds is 9. The number of nitrogens with one attached hydrogen (secondary N) is 1. The highest BCUT2D eigenvalue weighted by molar-refractivity contribution is 5.90. The summed E-state index contributed by atoms with van der Waals surface area (Å²) >= 11 is 0. The zero-order chi connectivity index (χ0) is 20.5. The molecule has 150 valence electrons. The first kappa shape index (κ1) is 21.1. The molecule has 1 atom stereocenters. The minimum atomic E-state index is -0.997. The third kappa shape index (κ3) is 5.94. The Morgan fingerprint density at radius 3 is 2.54 bits per heavy atom. The topological polar surface area (TPSA) is 99.5 Å². The normalized spacial score (nSPS) is 11.5. The number of amides is 1. The van der Waals surface area contributed by atoms with E-state index >= 15 is 0 Å². The van der Waals surface area contributed by atoms with Crippen LogP contribution in [-0.4, -0.2) is 34.9 Å². The molecule has 1 aromatic heterocycles. The summed E-state index contributed by atoms with van der Waals surface area (Å²) in [5, 5.41) is 6.73. The third-order valence-corrected chi connectivity index (χ3v) is 4.08. The summed E-state index contributed by atoms with van der Waals surface area (Å²) in [6, 6.07) is 9.83. The molecule has 28 heavy (non-hydrogen) atoms. The molecule has 0 spiro atoms. The molecule has 1 heterocycles. The lowest BCUT2D eigenvalue weighted by Gasteiger charge is -2.14. The number of benzene rings is 1. The molecule has 2 rings (SSSR count). The first-order valence-electron chi connectivity index (χ1n) is 9.14. The number of carbonyl (C=O) groups excluding carboxylic acids is 2. The van der Waals surface area contributed by atoms with Gasteiger partial charge in [-0.2, -0.15) is 5.10 Å². The number of hydrogen-bond donors (Lipinski definition) is 1. The highest BCUT2D eigenvalue weighted by Crippen LogP contribution is 2.11. The Morgan fingerprint density at radius 1 is 1.18 bits per heavy atom. The fourth-order valence-corrected chi connectivity index (χ4v) is 2.38. The van der Waals surface area contributed by atoms with Crippen molar-refractivity contribution < 1.29 is 19.1 Å². The molecule has 0 saturated carbocycles. The summed E-state index contributed by atoms with van der Waals surface area (Å²) in [5.74, 6) is -0.453. The summed E-state index contributed by atoms with van der Waals surface area (Å²) < 4.78 is 11.5. The lowest BCUT2D eigenvalue weighted by Crippen LogP contribution is -2.36. The molecule has 0 aliphatic rings. The van der Waals surface area contributed by atoms with E-state index in [0.717, 1.165) is 24.2 Å². The van der Waals surface area contributed by atoms with Gasteiger partial charge in [-0.15, -0.1) is 0 Å². The van der Waals surface area contributed by atoms with Crippen LogP contribution in [0.2, 0.25) is 0 Å². The van der Waals surface area contributed by atoms with E-state index in [1.54, 1.807) is 19.2 Å². The first-order valence-corrected chi connectivity index (χ1v) is 9.14. The van der Waals surface area contributed by atoms with Crippen molar-refractivity contribution in [2.75, 3.05) is 7.11 Å². The van der Waals surface area contributed by atoms with Crippen LogP contribution in [0.15, 0.2) is 41.2 Å². The van der Waals surface area contributed by atoms with Crippen molar-refractivity contribution in [3.63, 3.8) is 0 Å². The average Bonchev–Trinajstić information content (AvgIpc) is 2.71. The largest absolute Gasteiger partial charge is 0.497 e. The van der Waals surface area contributed by atoms with E-state index in [-0.39, 0.29) is 11.3 Å². The SMILES string of the molecule is CCCCn1nc(C(=O)OC(C)C(=O)NCc2ccc(OC)cc2)ccc1=O. The van der Waals surface area contributed by atoms with Crippen molar-refractivity contribution in [2.45, 2.75) is 45.9 Å². The number of ether oxygens (including phenoxy) is 2. The van der Waals surface area contributed by atoms with Gasteiger partial charge in [0, 0.05) is 19.2 Å². The number of hydrogen-bond acceptors (Lipinski definition) is 6. The quantitative estimate of drug-likeness (QED) is 0.660. The van der Waals surface area contributed by atoms with Crippen LogP contribution < -0.4 is 15.6 Å². The van der Waals surface area contributed by atoms with Crippen molar-refractivity contribution in [1.29, 1.82) is 0 Å². The predicted molar refractivity (Wildman–Crippen MR) is 103 cm³/mol. The minimum absolute atomic E-state index is 0.00879. The molecule has 0 saturated heterocycles. The number of carbonyl (C=O) groups is 2. The van der Waals surface area contributed by atoms with Crippen molar-refractivity contribution >= 4 is 11.9 Å². The maximum atomic E-state index is 12.2. The second kappa shape index (κ2) is 10.2. The Labute approximate surface area is 163 Å². The van der Waals surface area contributed by atoms with Crippen LogP contribution in [0.5, 0.6) is 5.75 Å². The number of aryl methyl sites for hydroxylation is 1. The monoisotopic (exact) mass is 387 g/mol. The maximum Gasteiger partial charge on any atom is 0.359 e. The van der Waals surface area contributed by atoms with Gasteiger partial charge >= 0.3 is 5.97 Å². The smallest absolute Gasteiger partial charge is 0.359 e. The zero-order valence-corrected chi connectivity index (χ0v) is 16.3. The number of nitrogens with zero attached hydrogens (tertiary/aromatic N) is 2. The second-order valence-corrected chi connectivity index (χ2v) is 6.25. The van der Waals surface area contributed by atoms with Gasteiger partial charge in [-0.1, -0.05) is 25.5 Å². The Hall–Kier alpha value is -3.16. The molecule has 0 aliphatic heterocycles. The van der Waals surface area contributed by atoms with Crippen LogP contribution in [0.3, 0.4) is 0 Å². The van der Waals surface area contributed by atoms with Crippen molar-refractivity contribution in [3.8, 4) is 5.75 Å². The van der Waals surface area contributed by atoms with Crippen LogP contribution >= 0.6 is 0 Å². The average molecular weight is 387 g/mol. The molecule has 1 unspecified atom stereocenters. The standard InChI is InChI=1S/C20H25N3O5/c1-4-5-12-23-18(24)11-10-17(22-23)20(26)28-14(2)19(25)21-13-15-6-8-16(27-3)9-7-15/h6-11,14H,4-5,12-13H2,1-3H3,(H,21,25). The maximum absolute atomic E-state index is 12.2. The lowest BCUT2D eigenvalue weighted by molar-refractivity contribution is -0.129. The molecular weight excluding hydrogens is 362 g/mol. The van der Waals surface area contributed by atoms with E-state index in [1.807, 2.05) is 19.1 Å². The van der Waals surface area contributed by atoms with Crippen molar-refractivity contribution in [3.05, 3.63) is 58.0 Å². The highest BCUT2D eigenvalue weighted by atomic mass is 16.5. The summed E-state index contributed by atoms with van der Waals surface area (Å²) in [5.41, 5.74) is 0.595. The first-order chi connectivity index (χ1) is 13.4. The van der Waals surface area contributed by atoms with E-state index in [4.69, 9.17) is 9.47 Å². The summed E-state index contributed by atoms with van der Waals surface area (Å²) in [4.78, 5) is 36.2. The Bertz CT molecular complexity index is 861. The highest BCUT2D eigenvalue weighted by Gasteiger charge is 2.20. The minimum Gasteiger partial charge on any atom is -0.497 e. The van der Waals surface area contributed by atoms with Gasteiger partial charge in [0.15, 0.2) is 11.8 Å². The number of methoxy groups -OCH3 is 1. The van der Waals surface area contributed by atoms with E-state index in [1.165, 1.54) is 23.7 Å². The Morgan fingerprint density at radius 2 is 1.89 bits per heavy atom. The predicted octanol–water partition coefficient (Wildman–Crippen LogP) is 1.91. The second-order valence-electron chi connectivity index (χ2n) is 6.25. The Balaban J connectivity index is 1.91. The molecule has 1 amide bonds. The fraction of sp³-hybridized carbons (Fsp3) is 0.400. The number of esters is 1. The van der Waals surface area contributed by atoms with Crippen LogP contribution in [0.1, 0.15) is 42.7 Å². The molecule has 2 aromatic rings. The molecule has 0 fully saturated rings. The summed E-state index contributed by atoms with van der Waals surface area (Å²) in [6.45, 7) is 4.20.